The first-order valence-corrected chi connectivity index (χ1v) is 9.97. The minimum atomic E-state index is -0.640. The molecule has 4 nitrogen and oxygen atoms in total. The van der Waals surface area contributed by atoms with E-state index < -0.39 is 5.97 Å². The molecule has 4 N–H and O–H groups in total. The molecule has 0 spiro atoms. The largest absolute Gasteiger partial charge is 0.481 e. The summed E-state index contributed by atoms with van der Waals surface area (Å²) in [5.74, 6) is 1.34. The average Bonchev–Trinajstić information content (AvgIpc) is 2.88. The van der Waals surface area contributed by atoms with Gasteiger partial charge in [0.1, 0.15) is 0 Å². The standard InChI is InChI=1S/C20H33NO3/c1-11-9-16-15(20(21)8-6-14(17(11)20)18(23)24)4-3-12-10-13(22)5-7-19(12,16)2/h11-17,22H,3-10,21H2,1-2H3,(H,23,24)/t11-,12-,13+,14?,15-,16+,17?,19+,20+/m1/s1. The highest BCUT2D eigenvalue weighted by atomic mass is 16.4. The Morgan fingerprint density at radius 1 is 1.08 bits per heavy atom. The van der Waals surface area contributed by atoms with E-state index in [1.54, 1.807) is 0 Å². The van der Waals surface area contributed by atoms with Crippen molar-refractivity contribution in [2.45, 2.75) is 76.9 Å². The normalized spacial score (nSPS) is 56.9. The van der Waals surface area contributed by atoms with Gasteiger partial charge in [0, 0.05) is 5.54 Å². The van der Waals surface area contributed by atoms with E-state index in [9.17, 15) is 15.0 Å². The highest BCUT2D eigenvalue weighted by Gasteiger charge is 2.64. The van der Waals surface area contributed by atoms with Gasteiger partial charge in [-0.3, -0.25) is 4.79 Å². The first kappa shape index (κ1) is 16.8. The Hall–Kier alpha value is -0.610. The molecule has 4 heteroatoms. The maximum atomic E-state index is 11.7. The third-order valence-electron chi connectivity index (χ3n) is 8.85. The second kappa shape index (κ2) is 5.44. The molecule has 0 radical (unpaired) electrons. The molecule has 4 rings (SSSR count). The lowest BCUT2D eigenvalue weighted by atomic mass is 9.44. The van der Waals surface area contributed by atoms with Crippen LogP contribution >= 0.6 is 0 Å². The van der Waals surface area contributed by atoms with Crippen LogP contribution in [0.3, 0.4) is 0 Å². The summed E-state index contributed by atoms with van der Waals surface area (Å²) in [5.41, 5.74) is 7.04. The summed E-state index contributed by atoms with van der Waals surface area (Å²) in [6.07, 6.45) is 7.90. The van der Waals surface area contributed by atoms with Crippen molar-refractivity contribution in [1.82, 2.24) is 0 Å². The lowest BCUT2D eigenvalue weighted by Gasteiger charge is -2.62. The minimum absolute atomic E-state index is 0.122. The predicted octanol–water partition coefficient (Wildman–Crippen LogP) is 3.03. The molecule has 0 aromatic rings. The number of hydrogen-bond donors (Lipinski definition) is 3. The Kier molecular flexibility index (Phi) is 3.82. The van der Waals surface area contributed by atoms with E-state index >= 15 is 0 Å². The van der Waals surface area contributed by atoms with Gasteiger partial charge in [0.25, 0.3) is 0 Å². The van der Waals surface area contributed by atoms with Gasteiger partial charge < -0.3 is 15.9 Å². The Bertz CT molecular complexity index is 537. The zero-order valence-corrected chi connectivity index (χ0v) is 15.1. The van der Waals surface area contributed by atoms with Crippen LogP contribution in [0.15, 0.2) is 0 Å². The van der Waals surface area contributed by atoms with Gasteiger partial charge in [-0.05, 0) is 86.4 Å². The Morgan fingerprint density at radius 2 is 1.83 bits per heavy atom. The van der Waals surface area contributed by atoms with Crippen LogP contribution in [0.2, 0.25) is 0 Å². The van der Waals surface area contributed by atoms with Crippen LogP contribution in [-0.2, 0) is 4.79 Å². The lowest BCUT2D eigenvalue weighted by molar-refractivity contribution is -0.151. The van der Waals surface area contributed by atoms with E-state index in [1.165, 1.54) is 0 Å². The van der Waals surface area contributed by atoms with E-state index in [4.69, 9.17) is 5.73 Å². The molecule has 0 aliphatic heterocycles. The van der Waals surface area contributed by atoms with Gasteiger partial charge >= 0.3 is 5.97 Å². The third kappa shape index (κ3) is 2.14. The Labute approximate surface area is 145 Å². The smallest absolute Gasteiger partial charge is 0.306 e. The van der Waals surface area contributed by atoms with Crippen molar-refractivity contribution in [3.05, 3.63) is 0 Å². The zero-order chi connectivity index (χ0) is 17.3. The van der Waals surface area contributed by atoms with Crippen LogP contribution in [0.1, 0.15) is 65.2 Å². The summed E-state index contributed by atoms with van der Waals surface area (Å²) in [5, 5.41) is 19.8. The van der Waals surface area contributed by atoms with Crippen LogP contribution in [0.5, 0.6) is 0 Å². The number of aliphatic hydroxyl groups excluding tert-OH is 1. The molecule has 2 unspecified atom stereocenters. The molecule has 0 amide bonds. The van der Waals surface area contributed by atoms with E-state index in [2.05, 4.69) is 13.8 Å². The number of hydrogen-bond acceptors (Lipinski definition) is 3. The molecule has 24 heavy (non-hydrogen) atoms. The Balaban J connectivity index is 1.67. The molecule has 0 bridgehead atoms. The molecule has 4 aliphatic carbocycles. The highest BCUT2D eigenvalue weighted by molar-refractivity contribution is 5.71. The van der Waals surface area contributed by atoms with Crippen LogP contribution in [0.4, 0.5) is 0 Å². The van der Waals surface area contributed by atoms with Crippen molar-refractivity contribution in [2.75, 3.05) is 0 Å². The number of rotatable bonds is 1. The fourth-order valence-electron chi connectivity index (χ4n) is 7.76. The minimum Gasteiger partial charge on any atom is -0.481 e. The van der Waals surface area contributed by atoms with Crippen molar-refractivity contribution in [1.29, 1.82) is 0 Å². The topological polar surface area (TPSA) is 83.5 Å². The van der Waals surface area contributed by atoms with E-state index in [0.717, 1.165) is 51.4 Å². The zero-order valence-electron chi connectivity index (χ0n) is 15.1. The summed E-state index contributed by atoms with van der Waals surface area (Å²) >= 11 is 0. The van der Waals surface area contributed by atoms with Gasteiger partial charge in [-0.15, -0.1) is 0 Å². The molecular formula is C20H33NO3. The van der Waals surface area contributed by atoms with Crippen molar-refractivity contribution in [3.8, 4) is 0 Å². The van der Waals surface area contributed by atoms with Gasteiger partial charge in [0.2, 0.25) is 0 Å². The number of carboxylic acids is 1. The molecule has 0 saturated heterocycles. The molecule has 4 saturated carbocycles. The lowest BCUT2D eigenvalue weighted by Crippen LogP contribution is -2.64. The Morgan fingerprint density at radius 3 is 2.54 bits per heavy atom. The average molecular weight is 335 g/mol. The number of aliphatic hydroxyl groups is 1. The molecule has 4 fully saturated rings. The molecule has 9 atom stereocenters. The van der Waals surface area contributed by atoms with Crippen LogP contribution in [0.25, 0.3) is 0 Å². The van der Waals surface area contributed by atoms with Gasteiger partial charge in [0.15, 0.2) is 0 Å². The molecule has 136 valence electrons. The molecule has 0 aromatic carbocycles. The summed E-state index contributed by atoms with van der Waals surface area (Å²) in [6.45, 7) is 4.69. The summed E-state index contributed by atoms with van der Waals surface area (Å²) in [4.78, 5) is 11.7. The maximum absolute atomic E-state index is 11.7. The number of aliphatic carboxylic acids is 1. The molecular weight excluding hydrogens is 302 g/mol. The van der Waals surface area contributed by atoms with Gasteiger partial charge in [-0.1, -0.05) is 13.8 Å². The fourth-order valence-corrected chi connectivity index (χ4v) is 7.76. The van der Waals surface area contributed by atoms with Crippen molar-refractivity contribution in [2.24, 2.45) is 46.7 Å². The predicted molar refractivity (Wildman–Crippen MR) is 92.2 cm³/mol. The number of fused-ring (bicyclic) bond motifs is 5. The van der Waals surface area contributed by atoms with Crippen LogP contribution in [0, 0.1) is 40.9 Å². The quantitative estimate of drug-likeness (QED) is 0.688. The summed E-state index contributed by atoms with van der Waals surface area (Å²) in [6, 6.07) is 0. The van der Waals surface area contributed by atoms with Crippen LogP contribution < -0.4 is 5.73 Å². The van der Waals surface area contributed by atoms with Crippen LogP contribution in [-0.4, -0.2) is 27.8 Å². The SMILES string of the molecule is C[C@@H]1C[C@H]2[C@@H](CC[C@@H]3C[C@@H](O)CC[C@@]32C)[C@@]2(N)CCC(C(=O)O)C12. The monoisotopic (exact) mass is 335 g/mol. The highest BCUT2D eigenvalue weighted by Crippen LogP contribution is 2.65. The molecule has 0 aromatic heterocycles. The summed E-state index contributed by atoms with van der Waals surface area (Å²) < 4.78 is 0. The molecule has 4 aliphatic rings. The number of nitrogens with two attached hydrogens (primary N) is 1. The second-order valence-electron chi connectivity index (χ2n) is 9.76. The van der Waals surface area contributed by atoms with E-state index in [1.807, 2.05) is 0 Å². The van der Waals surface area contributed by atoms with E-state index in [-0.39, 0.29) is 28.9 Å². The van der Waals surface area contributed by atoms with Crippen molar-refractivity contribution >= 4 is 5.97 Å². The van der Waals surface area contributed by atoms with Crippen molar-refractivity contribution < 1.29 is 15.0 Å². The third-order valence-corrected chi connectivity index (χ3v) is 8.85. The maximum Gasteiger partial charge on any atom is 0.306 e. The van der Waals surface area contributed by atoms with Crippen molar-refractivity contribution in [3.63, 3.8) is 0 Å². The first-order chi connectivity index (χ1) is 11.3. The van der Waals surface area contributed by atoms with Gasteiger partial charge in [0.05, 0.1) is 12.0 Å². The molecule has 0 heterocycles. The first-order valence-electron chi connectivity index (χ1n) is 9.97. The number of carbonyl (C=O) groups is 1. The second-order valence-corrected chi connectivity index (χ2v) is 9.76. The number of carboxylic acid groups (broad SMARTS) is 1. The van der Waals surface area contributed by atoms with E-state index in [0.29, 0.717) is 23.7 Å². The fraction of sp³-hybridized carbons (Fsp3) is 0.950. The summed E-state index contributed by atoms with van der Waals surface area (Å²) in [7, 11) is 0. The van der Waals surface area contributed by atoms with Gasteiger partial charge in [-0.2, -0.15) is 0 Å². The van der Waals surface area contributed by atoms with Gasteiger partial charge in [-0.25, -0.2) is 0 Å².